The van der Waals surface area contributed by atoms with Crippen molar-refractivity contribution >= 4 is 47.0 Å². The Morgan fingerprint density at radius 3 is 2.92 bits per heavy atom. The maximum absolute atomic E-state index is 5.50. The highest BCUT2D eigenvalue weighted by Gasteiger charge is 2.25. The number of para-hydroxylation sites is 2. The lowest BCUT2D eigenvalue weighted by atomic mass is 10.2. The number of hydrogen-bond donors (Lipinski definition) is 2. The molecular weight excluding hydrogens is 459 g/mol. The van der Waals surface area contributed by atoms with E-state index in [1.54, 1.807) is 18.4 Å². The zero-order valence-corrected chi connectivity index (χ0v) is 18.4. The Morgan fingerprint density at radius 1 is 1.35 bits per heavy atom. The first-order chi connectivity index (χ1) is 12.3. The minimum atomic E-state index is 0. The summed E-state index contributed by atoms with van der Waals surface area (Å²) in [5.74, 6) is 1.82. The van der Waals surface area contributed by atoms with Crippen LogP contribution in [0.4, 0.5) is 5.69 Å². The lowest BCUT2D eigenvalue weighted by Crippen LogP contribution is -2.44. The molecule has 7 heteroatoms. The highest BCUT2D eigenvalue weighted by Crippen LogP contribution is 2.30. The van der Waals surface area contributed by atoms with Gasteiger partial charge in [-0.05, 0) is 47.9 Å². The van der Waals surface area contributed by atoms with Crippen molar-refractivity contribution in [2.45, 2.75) is 25.9 Å². The quantitative estimate of drug-likeness (QED) is 0.372. The van der Waals surface area contributed by atoms with Gasteiger partial charge in [0, 0.05) is 25.7 Å². The summed E-state index contributed by atoms with van der Waals surface area (Å²) < 4.78 is 5.50. The number of guanidine groups is 1. The average molecular weight is 486 g/mol. The van der Waals surface area contributed by atoms with Crippen LogP contribution in [0.15, 0.2) is 46.1 Å². The Hall–Kier alpha value is -1.48. The van der Waals surface area contributed by atoms with Crippen molar-refractivity contribution in [3.05, 3.63) is 46.7 Å². The molecule has 1 fully saturated rings. The number of nitrogens with zero attached hydrogens (tertiary/aromatic N) is 2. The maximum Gasteiger partial charge on any atom is 0.191 e. The van der Waals surface area contributed by atoms with Gasteiger partial charge < -0.3 is 20.3 Å². The van der Waals surface area contributed by atoms with E-state index in [0.29, 0.717) is 12.6 Å². The monoisotopic (exact) mass is 486 g/mol. The first-order valence-corrected chi connectivity index (χ1v) is 9.68. The molecule has 3 rings (SSSR count). The molecule has 142 valence electrons. The van der Waals surface area contributed by atoms with E-state index in [-0.39, 0.29) is 24.0 Å². The van der Waals surface area contributed by atoms with Crippen LogP contribution in [0.25, 0.3) is 0 Å². The van der Waals surface area contributed by atoms with Gasteiger partial charge >= 0.3 is 0 Å². The third-order valence-corrected chi connectivity index (χ3v) is 5.03. The Kier molecular flexibility index (Phi) is 8.50. The lowest BCUT2D eigenvalue weighted by molar-refractivity contribution is 0.415. The van der Waals surface area contributed by atoms with Crippen LogP contribution in [0.3, 0.4) is 0 Å². The second-order valence-electron chi connectivity index (χ2n) is 6.07. The molecule has 0 spiro atoms. The van der Waals surface area contributed by atoms with Gasteiger partial charge in [0.25, 0.3) is 0 Å². The molecule has 0 bridgehead atoms. The predicted octanol–water partition coefficient (Wildman–Crippen LogP) is 3.71. The van der Waals surface area contributed by atoms with E-state index >= 15 is 0 Å². The predicted molar refractivity (Wildman–Crippen MR) is 121 cm³/mol. The third kappa shape index (κ3) is 5.51. The Morgan fingerprint density at radius 2 is 2.19 bits per heavy atom. The minimum Gasteiger partial charge on any atom is -0.495 e. The highest BCUT2D eigenvalue weighted by molar-refractivity contribution is 14.0. The summed E-state index contributed by atoms with van der Waals surface area (Å²) in [7, 11) is 1.73. The van der Waals surface area contributed by atoms with E-state index in [2.05, 4.69) is 51.4 Å². The molecule has 0 amide bonds. The van der Waals surface area contributed by atoms with Crippen LogP contribution < -0.4 is 20.3 Å². The van der Waals surface area contributed by atoms with Crippen molar-refractivity contribution in [2.75, 3.05) is 31.6 Å². The summed E-state index contributed by atoms with van der Waals surface area (Å²) >= 11 is 1.71. The molecule has 1 aliphatic rings. The van der Waals surface area contributed by atoms with Crippen LogP contribution in [-0.2, 0) is 6.54 Å². The number of nitrogens with one attached hydrogen (secondary N) is 2. The molecule has 0 saturated carbocycles. The normalized spacial score (nSPS) is 16.9. The molecule has 26 heavy (non-hydrogen) atoms. The van der Waals surface area contributed by atoms with Gasteiger partial charge in [-0.2, -0.15) is 11.3 Å². The van der Waals surface area contributed by atoms with Crippen LogP contribution in [0.2, 0.25) is 0 Å². The van der Waals surface area contributed by atoms with E-state index < -0.39 is 0 Å². The van der Waals surface area contributed by atoms with Crippen LogP contribution in [-0.4, -0.2) is 38.7 Å². The number of halogens is 1. The fourth-order valence-corrected chi connectivity index (χ4v) is 3.71. The molecule has 1 saturated heterocycles. The largest absolute Gasteiger partial charge is 0.495 e. The summed E-state index contributed by atoms with van der Waals surface area (Å²) in [4.78, 5) is 7.08. The number of benzene rings is 1. The van der Waals surface area contributed by atoms with Gasteiger partial charge in [0.2, 0.25) is 0 Å². The summed E-state index contributed by atoms with van der Waals surface area (Å²) in [5.41, 5.74) is 2.42. The molecule has 1 aromatic carbocycles. The molecule has 1 aromatic heterocycles. The first-order valence-electron chi connectivity index (χ1n) is 8.74. The number of hydrogen-bond acceptors (Lipinski definition) is 4. The van der Waals surface area contributed by atoms with Crippen LogP contribution in [0.5, 0.6) is 5.75 Å². The summed E-state index contributed by atoms with van der Waals surface area (Å²) in [6.07, 6.45) is 1.08. The van der Waals surface area contributed by atoms with E-state index in [1.807, 2.05) is 12.1 Å². The molecule has 1 aliphatic heterocycles. The molecule has 1 unspecified atom stereocenters. The molecule has 0 radical (unpaired) electrons. The molecule has 2 heterocycles. The molecule has 0 aliphatic carbocycles. The minimum absolute atomic E-state index is 0. The molecule has 5 nitrogen and oxygen atoms in total. The fraction of sp³-hybridized carbons (Fsp3) is 0.421. The van der Waals surface area contributed by atoms with Crippen molar-refractivity contribution in [1.29, 1.82) is 0 Å². The van der Waals surface area contributed by atoms with Gasteiger partial charge in [0.1, 0.15) is 5.75 Å². The van der Waals surface area contributed by atoms with Crippen LogP contribution in [0.1, 0.15) is 18.9 Å². The van der Waals surface area contributed by atoms with Crippen LogP contribution >= 0.6 is 35.3 Å². The van der Waals surface area contributed by atoms with Crippen molar-refractivity contribution in [3.63, 3.8) is 0 Å². The lowest BCUT2D eigenvalue weighted by Gasteiger charge is -2.22. The van der Waals surface area contributed by atoms with Gasteiger partial charge in [0.05, 0.1) is 19.3 Å². The van der Waals surface area contributed by atoms with Crippen molar-refractivity contribution < 1.29 is 4.74 Å². The number of methoxy groups -OCH3 is 1. The smallest absolute Gasteiger partial charge is 0.191 e. The SMILES string of the molecule is CCNC(=NCc1ccsc1)NC1CCN(c2ccccc2OC)C1.I. The molecule has 2 N–H and O–H groups in total. The second-order valence-corrected chi connectivity index (χ2v) is 6.85. The number of rotatable bonds is 6. The Balaban J connectivity index is 0.00000243. The van der Waals surface area contributed by atoms with Gasteiger partial charge in [0.15, 0.2) is 5.96 Å². The van der Waals surface area contributed by atoms with Crippen molar-refractivity contribution in [1.82, 2.24) is 10.6 Å². The summed E-state index contributed by atoms with van der Waals surface area (Å²) in [6, 6.07) is 10.7. The number of aliphatic imine (C=N–C) groups is 1. The molecular formula is C19H27IN4OS. The average Bonchev–Trinajstić information content (AvgIpc) is 3.32. The van der Waals surface area contributed by atoms with Gasteiger partial charge in [-0.1, -0.05) is 12.1 Å². The standard InChI is InChI=1S/C19H26N4OS.HI/c1-3-20-19(21-12-15-9-11-25-14-15)22-16-8-10-23(13-16)17-6-4-5-7-18(17)24-2;/h4-7,9,11,14,16H,3,8,10,12-13H2,1-2H3,(H2,20,21,22);1H. The third-order valence-electron chi connectivity index (χ3n) is 4.30. The first kappa shape index (κ1) is 20.8. The summed E-state index contributed by atoms with van der Waals surface area (Å²) in [5, 5.41) is 11.2. The zero-order chi connectivity index (χ0) is 17.5. The van der Waals surface area contributed by atoms with Crippen molar-refractivity contribution in [2.24, 2.45) is 4.99 Å². The fourth-order valence-electron chi connectivity index (χ4n) is 3.05. The number of ether oxygens (including phenoxy) is 1. The summed E-state index contributed by atoms with van der Waals surface area (Å²) in [6.45, 7) is 5.63. The molecule has 1 atom stereocenters. The van der Waals surface area contributed by atoms with E-state index in [0.717, 1.165) is 43.5 Å². The highest BCUT2D eigenvalue weighted by atomic mass is 127. The maximum atomic E-state index is 5.50. The Bertz CT molecular complexity index is 693. The number of thiophene rings is 1. The topological polar surface area (TPSA) is 48.9 Å². The van der Waals surface area contributed by atoms with E-state index in [9.17, 15) is 0 Å². The van der Waals surface area contributed by atoms with Gasteiger partial charge in [-0.15, -0.1) is 24.0 Å². The van der Waals surface area contributed by atoms with E-state index in [4.69, 9.17) is 9.73 Å². The Labute approximate surface area is 176 Å². The van der Waals surface area contributed by atoms with Gasteiger partial charge in [-0.3, -0.25) is 0 Å². The van der Waals surface area contributed by atoms with Gasteiger partial charge in [-0.25, -0.2) is 4.99 Å². The number of anilines is 1. The van der Waals surface area contributed by atoms with E-state index in [1.165, 1.54) is 5.56 Å². The zero-order valence-electron chi connectivity index (χ0n) is 15.3. The molecule has 2 aromatic rings. The van der Waals surface area contributed by atoms with Crippen molar-refractivity contribution in [3.8, 4) is 5.75 Å². The second kappa shape index (κ2) is 10.6. The van der Waals surface area contributed by atoms with Crippen LogP contribution in [0, 0.1) is 0 Å².